The molecule has 0 aliphatic carbocycles. The summed E-state index contributed by atoms with van der Waals surface area (Å²) in [5.41, 5.74) is 11.6. The Balaban J connectivity index is 0.993. The Bertz CT molecular complexity index is 3570. The van der Waals surface area contributed by atoms with Crippen LogP contribution in [0, 0.1) is 0 Å². The van der Waals surface area contributed by atoms with Crippen molar-refractivity contribution in [2.24, 2.45) is 0 Å². The van der Waals surface area contributed by atoms with E-state index in [4.69, 9.17) is 19.4 Å². The zero-order valence-electron chi connectivity index (χ0n) is 31.1. The van der Waals surface area contributed by atoms with Gasteiger partial charge >= 0.3 is 0 Å². The molecule has 0 radical (unpaired) electrons. The number of para-hydroxylation sites is 2. The van der Waals surface area contributed by atoms with E-state index in [-0.39, 0.29) is 0 Å². The highest BCUT2D eigenvalue weighted by Gasteiger charge is 2.19. The van der Waals surface area contributed by atoms with Crippen LogP contribution in [-0.2, 0) is 0 Å². The molecule has 0 aliphatic rings. The van der Waals surface area contributed by atoms with E-state index in [1.807, 2.05) is 29.5 Å². The lowest BCUT2D eigenvalue weighted by Gasteiger charge is -2.12. The lowest BCUT2D eigenvalue weighted by atomic mass is 9.98. The summed E-state index contributed by atoms with van der Waals surface area (Å²) in [7, 11) is 0. The maximum absolute atomic E-state index is 6.43. The maximum atomic E-state index is 6.43. The number of thiophene rings is 1. The molecular formula is C53H31N3OS. The van der Waals surface area contributed by atoms with Gasteiger partial charge in [-0.1, -0.05) is 152 Å². The molecular weight excluding hydrogens is 727 g/mol. The van der Waals surface area contributed by atoms with Crippen LogP contribution in [0.2, 0.25) is 0 Å². The van der Waals surface area contributed by atoms with Crippen molar-refractivity contribution in [1.82, 2.24) is 15.0 Å². The molecule has 58 heavy (non-hydrogen) atoms. The number of pyridine rings is 1. The Morgan fingerprint density at radius 2 is 1.07 bits per heavy atom. The van der Waals surface area contributed by atoms with Crippen LogP contribution in [0.5, 0.6) is 0 Å². The van der Waals surface area contributed by atoms with Crippen LogP contribution < -0.4 is 0 Å². The molecule has 0 N–H and O–H groups in total. The zero-order valence-corrected chi connectivity index (χ0v) is 31.9. The van der Waals surface area contributed by atoms with E-state index in [0.29, 0.717) is 5.82 Å². The molecule has 12 rings (SSSR count). The first kappa shape index (κ1) is 32.7. The molecule has 0 atom stereocenters. The predicted molar refractivity (Wildman–Crippen MR) is 242 cm³/mol. The van der Waals surface area contributed by atoms with Gasteiger partial charge in [0.2, 0.25) is 0 Å². The second-order valence-corrected chi connectivity index (χ2v) is 15.8. The van der Waals surface area contributed by atoms with Crippen LogP contribution in [0.15, 0.2) is 192 Å². The third-order valence-corrected chi connectivity index (χ3v) is 12.5. The molecule has 4 nitrogen and oxygen atoms in total. The van der Waals surface area contributed by atoms with Gasteiger partial charge in [-0.3, -0.25) is 0 Å². The lowest BCUT2D eigenvalue weighted by molar-refractivity contribution is 0.670. The molecule has 0 spiro atoms. The van der Waals surface area contributed by atoms with Gasteiger partial charge in [0.1, 0.15) is 11.2 Å². The van der Waals surface area contributed by atoms with Gasteiger partial charge < -0.3 is 4.42 Å². The van der Waals surface area contributed by atoms with Crippen LogP contribution >= 0.6 is 11.3 Å². The molecule has 0 saturated carbocycles. The minimum Gasteiger partial charge on any atom is -0.455 e. The SMILES string of the molecule is c1ccc(-c2cc(-c3cccc(-c4cccc5c4oc4ccccc45)c3)nc(-c3ccc(-c4nc5cc6ccccc6cc5c5sc6ccccc6c45)cc3)n2)cc1. The summed E-state index contributed by atoms with van der Waals surface area (Å²) in [4.78, 5) is 15.8. The Morgan fingerprint density at radius 3 is 1.93 bits per heavy atom. The maximum Gasteiger partial charge on any atom is 0.160 e. The monoisotopic (exact) mass is 757 g/mol. The van der Waals surface area contributed by atoms with Crippen molar-refractivity contribution in [2.75, 3.05) is 0 Å². The molecule has 0 unspecified atom stereocenters. The fourth-order valence-corrected chi connectivity index (χ4v) is 9.67. The van der Waals surface area contributed by atoms with Gasteiger partial charge in [-0.2, -0.15) is 0 Å². The van der Waals surface area contributed by atoms with E-state index < -0.39 is 0 Å². The van der Waals surface area contributed by atoms with Gasteiger partial charge in [-0.05, 0) is 52.7 Å². The molecule has 0 aliphatic heterocycles. The molecule has 0 bridgehead atoms. The minimum atomic E-state index is 0.664. The Kier molecular flexibility index (Phi) is 7.37. The van der Waals surface area contributed by atoms with Gasteiger partial charge in [0.05, 0.1) is 22.6 Å². The van der Waals surface area contributed by atoms with Gasteiger partial charge in [0.25, 0.3) is 0 Å². The van der Waals surface area contributed by atoms with Gasteiger partial charge in [-0.25, -0.2) is 15.0 Å². The van der Waals surface area contributed by atoms with Gasteiger partial charge in [0, 0.05) is 64.1 Å². The van der Waals surface area contributed by atoms with E-state index in [2.05, 4.69) is 170 Å². The van der Waals surface area contributed by atoms with Crippen molar-refractivity contribution in [2.45, 2.75) is 0 Å². The molecule has 270 valence electrons. The van der Waals surface area contributed by atoms with Gasteiger partial charge in [0.15, 0.2) is 5.82 Å². The summed E-state index contributed by atoms with van der Waals surface area (Å²) >= 11 is 1.84. The third kappa shape index (κ3) is 5.32. The summed E-state index contributed by atoms with van der Waals surface area (Å²) in [5, 5.41) is 8.25. The Hall–Kier alpha value is -7.47. The minimum absolute atomic E-state index is 0.664. The van der Waals surface area contributed by atoms with Crippen molar-refractivity contribution < 1.29 is 4.42 Å². The average Bonchev–Trinajstić information content (AvgIpc) is 3.88. The van der Waals surface area contributed by atoms with Crippen molar-refractivity contribution >= 4 is 75.1 Å². The largest absolute Gasteiger partial charge is 0.455 e. The highest BCUT2D eigenvalue weighted by atomic mass is 32.1. The number of benzene rings is 8. The van der Waals surface area contributed by atoms with Crippen LogP contribution in [0.25, 0.3) is 120 Å². The van der Waals surface area contributed by atoms with Crippen molar-refractivity contribution in [3.05, 3.63) is 188 Å². The topological polar surface area (TPSA) is 51.8 Å². The van der Waals surface area contributed by atoms with E-state index in [1.54, 1.807) is 0 Å². The number of aromatic nitrogens is 3. The third-order valence-electron chi connectivity index (χ3n) is 11.3. The van der Waals surface area contributed by atoms with Crippen LogP contribution in [0.4, 0.5) is 0 Å². The van der Waals surface area contributed by atoms with E-state index in [9.17, 15) is 0 Å². The summed E-state index contributed by atoms with van der Waals surface area (Å²) in [6.45, 7) is 0. The average molecular weight is 758 g/mol. The number of fused-ring (bicyclic) bond motifs is 9. The first-order chi connectivity index (χ1) is 28.7. The predicted octanol–water partition coefficient (Wildman–Crippen LogP) is 14.8. The highest BCUT2D eigenvalue weighted by Crippen LogP contribution is 2.44. The molecule has 0 amide bonds. The number of nitrogens with zero attached hydrogens (tertiary/aromatic N) is 3. The highest BCUT2D eigenvalue weighted by molar-refractivity contribution is 7.26. The number of hydrogen-bond donors (Lipinski definition) is 0. The first-order valence-electron chi connectivity index (χ1n) is 19.4. The second-order valence-electron chi connectivity index (χ2n) is 14.7. The molecule has 8 aromatic carbocycles. The summed E-state index contributed by atoms with van der Waals surface area (Å²) < 4.78 is 8.95. The number of hydrogen-bond acceptors (Lipinski definition) is 5. The van der Waals surface area contributed by atoms with Crippen LogP contribution in [0.1, 0.15) is 0 Å². The molecule has 0 fully saturated rings. The molecule has 12 aromatic rings. The van der Waals surface area contributed by atoms with E-state index >= 15 is 0 Å². The fraction of sp³-hybridized carbons (Fsp3) is 0. The Morgan fingerprint density at radius 1 is 0.414 bits per heavy atom. The smallest absolute Gasteiger partial charge is 0.160 e. The van der Waals surface area contributed by atoms with Crippen molar-refractivity contribution in [3.63, 3.8) is 0 Å². The normalized spacial score (nSPS) is 11.8. The van der Waals surface area contributed by atoms with Crippen LogP contribution in [0.3, 0.4) is 0 Å². The lowest BCUT2D eigenvalue weighted by Crippen LogP contribution is -1.96. The molecule has 4 aromatic heterocycles. The summed E-state index contributed by atoms with van der Waals surface area (Å²) in [6.07, 6.45) is 0. The van der Waals surface area contributed by atoms with Crippen molar-refractivity contribution in [3.8, 4) is 56.3 Å². The zero-order chi connectivity index (χ0) is 38.2. The summed E-state index contributed by atoms with van der Waals surface area (Å²) in [5.74, 6) is 0.664. The van der Waals surface area contributed by atoms with E-state index in [0.717, 1.165) is 77.9 Å². The number of rotatable bonds is 5. The second kappa shape index (κ2) is 13.1. The summed E-state index contributed by atoms with van der Waals surface area (Å²) in [6, 6.07) is 65.9. The van der Waals surface area contributed by atoms with Crippen LogP contribution in [-0.4, -0.2) is 15.0 Å². The van der Waals surface area contributed by atoms with Gasteiger partial charge in [-0.15, -0.1) is 11.3 Å². The standard InChI is InChI=1S/C53H31N3OS/c1-2-12-32(13-3-1)44-31-45(38-17-10-16-37(28-38)39-20-11-21-41-40-18-6-8-22-47(40)57-51(39)41)56-53(55-44)34-26-24-33(25-27-34)50-49-42-19-7-9-23-48(42)58-52(49)43-29-35-14-4-5-15-36(35)30-46(43)54-50/h1-31H. The van der Waals surface area contributed by atoms with E-state index in [1.165, 1.54) is 36.3 Å². The molecule has 4 heterocycles. The fourth-order valence-electron chi connectivity index (χ4n) is 8.44. The Labute approximate surface area is 337 Å². The molecule has 0 saturated heterocycles. The first-order valence-corrected chi connectivity index (χ1v) is 20.2. The number of furan rings is 1. The molecule has 5 heteroatoms. The van der Waals surface area contributed by atoms with Crippen molar-refractivity contribution in [1.29, 1.82) is 0 Å². The quantitative estimate of drug-likeness (QED) is 0.164.